The molecule has 3 aromatic rings. The minimum atomic E-state index is -0.319. The van der Waals surface area contributed by atoms with Gasteiger partial charge in [-0.25, -0.2) is 0 Å². The van der Waals surface area contributed by atoms with Crippen LogP contribution in [0.2, 0.25) is 10.0 Å². The van der Waals surface area contributed by atoms with E-state index in [1.54, 1.807) is 31.3 Å². The first-order valence-corrected chi connectivity index (χ1v) is 8.69. The molecule has 0 saturated heterocycles. The van der Waals surface area contributed by atoms with E-state index in [0.29, 0.717) is 21.3 Å². The van der Waals surface area contributed by atoms with Crippen LogP contribution in [0.15, 0.2) is 60.7 Å². The average Bonchev–Trinajstić information content (AvgIpc) is 2.63. The van der Waals surface area contributed by atoms with E-state index in [4.69, 9.17) is 23.2 Å². The Bertz CT molecular complexity index is 988. The molecule has 3 aromatic carbocycles. The average molecular weight is 387 g/mol. The largest absolute Gasteiger partial charge is 0.332 e. The molecule has 0 bridgehead atoms. The number of carbonyl (C=O) groups excluding carboxylic acids is 2. The van der Waals surface area contributed by atoms with Crippen molar-refractivity contribution in [1.82, 2.24) is 4.90 Å². The van der Waals surface area contributed by atoms with Crippen molar-refractivity contribution in [2.45, 2.75) is 0 Å². The summed E-state index contributed by atoms with van der Waals surface area (Å²) in [7, 11) is 1.59. The van der Waals surface area contributed by atoms with Gasteiger partial charge in [-0.1, -0.05) is 53.5 Å². The number of hydrogen-bond donors (Lipinski definition) is 1. The van der Waals surface area contributed by atoms with Crippen molar-refractivity contribution in [3.05, 3.63) is 76.3 Å². The van der Waals surface area contributed by atoms with E-state index in [0.717, 1.165) is 10.8 Å². The first kappa shape index (κ1) is 18.2. The van der Waals surface area contributed by atoms with Gasteiger partial charge in [0.15, 0.2) is 0 Å². The highest BCUT2D eigenvalue weighted by atomic mass is 35.5. The molecule has 0 aliphatic carbocycles. The van der Waals surface area contributed by atoms with Gasteiger partial charge in [0.1, 0.15) is 0 Å². The molecule has 26 heavy (non-hydrogen) atoms. The fourth-order valence-electron chi connectivity index (χ4n) is 2.60. The first-order chi connectivity index (χ1) is 12.4. The summed E-state index contributed by atoms with van der Waals surface area (Å²) >= 11 is 11.8. The molecular formula is C20H16Cl2N2O2. The number of rotatable bonds is 4. The summed E-state index contributed by atoms with van der Waals surface area (Å²) in [4.78, 5) is 26.1. The molecule has 0 spiro atoms. The van der Waals surface area contributed by atoms with Crippen molar-refractivity contribution in [2.75, 3.05) is 18.9 Å². The van der Waals surface area contributed by atoms with Crippen LogP contribution in [0.3, 0.4) is 0 Å². The van der Waals surface area contributed by atoms with E-state index in [2.05, 4.69) is 5.32 Å². The minimum absolute atomic E-state index is 0.0775. The van der Waals surface area contributed by atoms with E-state index in [9.17, 15) is 9.59 Å². The van der Waals surface area contributed by atoms with E-state index in [1.807, 2.05) is 36.4 Å². The molecule has 0 aliphatic heterocycles. The summed E-state index contributed by atoms with van der Waals surface area (Å²) < 4.78 is 0. The highest BCUT2D eigenvalue weighted by Crippen LogP contribution is 2.25. The lowest BCUT2D eigenvalue weighted by atomic mass is 10.1. The second-order valence-corrected chi connectivity index (χ2v) is 6.71. The van der Waals surface area contributed by atoms with Crippen molar-refractivity contribution in [3.8, 4) is 0 Å². The molecule has 132 valence electrons. The quantitative estimate of drug-likeness (QED) is 0.695. The van der Waals surface area contributed by atoms with E-state index >= 15 is 0 Å². The van der Waals surface area contributed by atoms with Crippen LogP contribution in [0.1, 0.15) is 10.4 Å². The summed E-state index contributed by atoms with van der Waals surface area (Å²) in [6.07, 6.45) is 0. The molecule has 0 fully saturated rings. The number of benzene rings is 3. The standard InChI is InChI=1S/C20H16Cl2N2O2/c1-24(12-19(25)23-16-8-9-17(21)18(22)11-16)20(26)15-7-6-13-4-2-3-5-14(13)10-15/h2-11H,12H2,1H3,(H,23,25). The molecule has 0 heterocycles. The summed E-state index contributed by atoms with van der Waals surface area (Å²) in [5.74, 6) is -0.542. The molecule has 0 atom stereocenters. The SMILES string of the molecule is CN(CC(=O)Nc1ccc(Cl)c(Cl)c1)C(=O)c1ccc2ccccc2c1. The van der Waals surface area contributed by atoms with Gasteiger partial charge in [0.05, 0.1) is 16.6 Å². The van der Waals surface area contributed by atoms with Crippen molar-refractivity contribution in [1.29, 1.82) is 0 Å². The molecule has 1 N–H and O–H groups in total. The Labute approximate surface area is 161 Å². The van der Waals surface area contributed by atoms with Crippen molar-refractivity contribution in [3.63, 3.8) is 0 Å². The van der Waals surface area contributed by atoms with Crippen LogP contribution >= 0.6 is 23.2 Å². The van der Waals surface area contributed by atoms with Crippen molar-refractivity contribution in [2.24, 2.45) is 0 Å². The lowest BCUT2D eigenvalue weighted by Crippen LogP contribution is -2.34. The third kappa shape index (κ3) is 4.15. The third-order valence-electron chi connectivity index (χ3n) is 3.93. The number of nitrogens with one attached hydrogen (secondary N) is 1. The maximum absolute atomic E-state index is 12.6. The van der Waals surface area contributed by atoms with Crippen LogP contribution in [0.5, 0.6) is 0 Å². The number of carbonyl (C=O) groups is 2. The zero-order valence-electron chi connectivity index (χ0n) is 14.0. The Balaban J connectivity index is 1.67. The predicted molar refractivity (Wildman–Crippen MR) is 106 cm³/mol. The zero-order chi connectivity index (χ0) is 18.7. The monoisotopic (exact) mass is 386 g/mol. The smallest absolute Gasteiger partial charge is 0.254 e. The molecule has 3 rings (SSSR count). The van der Waals surface area contributed by atoms with Gasteiger partial charge in [-0.2, -0.15) is 0 Å². The second kappa shape index (κ2) is 7.77. The Morgan fingerprint density at radius 1 is 0.923 bits per heavy atom. The number of fused-ring (bicyclic) bond motifs is 1. The first-order valence-electron chi connectivity index (χ1n) is 7.93. The van der Waals surface area contributed by atoms with Gasteiger partial charge in [0.25, 0.3) is 5.91 Å². The van der Waals surface area contributed by atoms with E-state index in [-0.39, 0.29) is 18.4 Å². The number of likely N-dealkylation sites (N-methyl/N-ethyl adjacent to an activating group) is 1. The van der Waals surface area contributed by atoms with E-state index in [1.165, 1.54) is 4.90 Å². The fourth-order valence-corrected chi connectivity index (χ4v) is 2.90. The van der Waals surface area contributed by atoms with Crippen molar-refractivity contribution >= 4 is 51.5 Å². The van der Waals surface area contributed by atoms with Crippen LogP contribution in [0.25, 0.3) is 10.8 Å². The number of halogens is 2. The lowest BCUT2D eigenvalue weighted by Gasteiger charge is -2.17. The maximum atomic E-state index is 12.6. The molecule has 6 heteroatoms. The molecule has 0 unspecified atom stereocenters. The second-order valence-electron chi connectivity index (χ2n) is 5.90. The summed E-state index contributed by atoms with van der Waals surface area (Å²) in [6.45, 7) is -0.0775. The normalized spacial score (nSPS) is 10.6. The molecule has 0 radical (unpaired) electrons. The van der Waals surface area contributed by atoms with Crippen LogP contribution in [-0.2, 0) is 4.79 Å². The fraction of sp³-hybridized carbons (Fsp3) is 0.100. The summed E-state index contributed by atoms with van der Waals surface area (Å²) in [5.41, 5.74) is 1.06. The number of anilines is 1. The van der Waals surface area contributed by atoms with Gasteiger partial charge in [0.2, 0.25) is 5.91 Å². The number of nitrogens with zero attached hydrogens (tertiary/aromatic N) is 1. The predicted octanol–water partition coefficient (Wildman–Crippen LogP) is 4.86. The third-order valence-corrected chi connectivity index (χ3v) is 4.67. The Hall–Kier alpha value is -2.56. The zero-order valence-corrected chi connectivity index (χ0v) is 15.5. The van der Waals surface area contributed by atoms with Crippen LogP contribution in [0, 0.1) is 0 Å². The van der Waals surface area contributed by atoms with Crippen LogP contribution < -0.4 is 5.32 Å². The number of hydrogen-bond acceptors (Lipinski definition) is 2. The van der Waals surface area contributed by atoms with E-state index < -0.39 is 0 Å². The highest BCUT2D eigenvalue weighted by molar-refractivity contribution is 6.42. The maximum Gasteiger partial charge on any atom is 0.254 e. The van der Waals surface area contributed by atoms with Crippen molar-refractivity contribution < 1.29 is 9.59 Å². The van der Waals surface area contributed by atoms with Crippen LogP contribution in [0.4, 0.5) is 5.69 Å². The van der Waals surface area contributed by atoms with Gasteiger partial charge in [-0.3, -0.25) is 9.59 Å². The molecule has 0 aliphatic rings. The minimum Gasteiger partial charge on any atom is -0.332 e. The Kier molecular flexibility index (Phi) is 5.45. The van der Waals surface area contributed by atoms with Gasteiger partial charge >= 0.3 is 0 Å². The molecule has 2 amide bonds. The lowest BCUT2D eigenvalue weighted by molar-refractivity contribution is -0.116. The van der Waals surface area contributed by atoms with Gasteiger partial charge < -0.3 is 10.2 Å². The summed E-state index contributed by atoms with van der Waals surface area (Å²) in [5, 5.41) is 5.50. The molecular weight excluding hydrogens is 371 g/mol. The molecule has 4 nitrogen and oxygen atoms in total. The Morgan fingerprint density at radius 2 is 1.65 bits per heavy atom. The Morgan fingerprint density at radius 3 is 2.38 bits per heavy atom. The van der Waals surface area contributed by atoms with Gasteiger partial charge in [0, 0.05) is 18.3 Å². The highest BCUT2D eigenvalue weighted by Gasteiger charge is 2.15. The van der Waals surface area contributed by atoms with Gasteiger partial charge in [-0.05, 0) is 41.1 Å². The molecule has 0 saturated carbocycles. The van der Waals surface area contributed by atoms with Crippen LogP contribution in [-0.4, -0.2) is 30.3 Å². The summed E-state index contributed by atoms with van der Waals surface area (Å²) in [6, 6.07) is 18.1. The number of amides is 2. The molecule has 0 aromatic heterocycles. The van der Waals surface area contributed by atoms with Gasteiger partial charge in [-0.15, -0.1) is 0 Å². The topological polar surface area (TPSA) is 49.4 Å².